The first kappa shape index (κ1) is 20.5. The van der Waals surface area contributed by atoms with Gasteiger partial charge in [-0.3, -0.25) is 4.79 Å². The van der Waals surface area contributed by atoms with E-state index in [-0.39, 0.29) is 0 Å². The number of halogens is 3. The molecule has 0 bridgehead atoms. The van der Waals surface area contributed by atoms with Gasteiger partial charge in [-0.05, 0) is 55.8 Å². The lowest BCUT2D eigenvalue weighted by Crippen LogP contribution is -2.14. The summed E-state index contributed by atoms with van der Waals surface area (Å²) in [7, 11) is 0. The van der Waals surface area contributed by atoms with Gasteiger partial charge in [0.1, 0.15) is 5.82 Å². The lowest BCUT2D eigenvalue weighted by atomic mass is 10.0. The van der Waals surface area contributed by atoms with Gasteiger partial charge in [-0.1, -0.05) is 30.3 Å². The van der Waals surface area contributed by atoms with Crippen LogP contribution in [0.25, 0.3) is 22.2 Å². The number of hydrogen-bond donors (Lipinski definition) is 1. The number of carbonyl (C=O) groups is 1. The largest absolute Gasteiger partial charge is 0.416 e. The molecule has 4 aromatic rings. The minimum Gasteiger partial charge on any atom is -0.306 e. The number of aryl methyl sites for hydroxylation is 2. The number of carbonyl (C=O) groups excluding carboxylic acids is 1. The van der Waals surface area contributed by atoms with Gasteiger partial charge >= 0.3 is 6.18 Å². The molecule has 0 saturated heterocycles. The number of anilines is 1. The number of para-hydroxylation sites is 1. The summed E-state index contributed by atoms with van der Waals surface area (Å²) in [5.74, 6) is 0.0327. The molecule has 0 aliphatic heterocycles. The Morgan fingerprint density at radius 2 is 1.68 bits per heavy atom. The van der Waals surface area contributed by atoms with Crippen LogP contribution in [0.2, 0.25) is 0 Å². The number of nitrogens with zero attached hydrogens (tertiary/aromatic N) is 2. The molecular weight excluding hydrogens is 403 g/mol. The molecule has 2 aromatic heterocycles. The summed E-state index contributed by atoms with van der Waals surface area (Å²) in [5.41, 5.74) is 2.38. The van der Waals surface area contributed by atoms with Gasteiger partial charge in [0, 0.05) is 16.6 Å². The SMILES string of the molecule is Cc1cc(C)nc(NC(=O)c2cccc3ccc(-c4cccc(C(F)(F)F)c4)nc23)c1. The molecule has 0 aliphatic rings. The van der Waals surface area contributed by atoms with E-state index in [1.165, 1.54) is 6.07 Å². The van der Waals surface area contributed by atoms with Crippen molar-refractivity contribution in [2.24, 2.45) is 0 Å². The van der Waals surface area contributed by atoms with Crippen LogP contribution < -0.4 is 5.32 Å². The van der Waals surface area contributed by atoms with Crippen molar-refractivity contribution in [3.8, 4) is 11.3 Å². The molecule has 1 amide bonds. The zero-order valence-corrected chi connectivity index (χ0v) is 16.8. The van der Waals surface area contributed by atoms with Crippen LogP contribution in [0.5, 0.6) is 0 Å². The third kappa shape index (κ3) is 4.40. The van der Waals surface area contributed by atoms with E-state index in [1.54, 1.807) is 42.5 Å². The van der Waals surface area contributed by atoms with Crippen molar-refractivity contribution >= 4 is 22.6 Å². The molecule has 0 atom stereocenters. The van der Waals surface area contributed by atoms with Crippen molar-refractivity contribution in [3.63, 3.8) is 0 Å². The summed E-state index contributed by atoms with van der Waals surface area (Å²) in [6, 6.07) is 17.2. The molecule has 1 N–H and O–H groups in total. The highest BCUT2D eigenvalue weighted by Gasteiger charge is 2.30. The average Bonchev–Trinajstić information content (AvgIpc) is 2.71. The van der Waals surface area contributed by atoms with Crippen molar-refractivity contribution in [2.45, 2.75) is 20.0 Å². The van der Waals surface area contributed by atoms with Crippen molar-refractivity contribution < 1.29 is 18.0 Å². The maximum Gasteiger partial charge on any atom is 0.416 e. The van der Waals surface area contributed by atoms with E-state index >= 15 is 0 Å². The monoisotopic (exact) mass is 421 g/mol. The Kier molecular flexibility index (Phi) is 5.19. The highest BCUT2D eigenvalue weighted by Crippen LogP contribution is 2.32. The number of aromatic nitrogens is 2. The minimum absolute atomic E-state index is 0.312. The van der Waals surface area contributed by atoms with E-state index in [0.29, 0.717) is 33.5 Å². The molecule has 0 radical (unpaired) electrons. The Morgan fingerprint density at radius 3 is 2.42 bits per heavy atom. The van der Waals surface area contributed by atoms with E-state index in [2.05, 4.69) is 15.3 Å². The Labute approximate surface area is 176 Å². The van der Waals surface area contributed by atoms with E-state index in [4.69, 9.17) is 0 Å². The fraction of sp³-hybridized carbons (Fsp3) is 0.125. The highest BCUT2D eigenvalue weighted by atomic mass is 19.4. The average molecular weight is 421 g/mol. The van der Waals surface area contributed by atoms with Crippen LogP contribution in [0, 0.1) is 13.8 Å². The summed E-state index contributed by atoms with van der Waals surface area (Å²) < 4.78 is 39.3. The number of fused-ring (bicyclic) bond motifs is 1. The van der Waals surface area contributed by atoms with Gasteiger partial charge < -0.3 is 5.32 Å². The number of pyridine rings is 2. The number of benzene rings is 2. The van der Waals surface area contributed by atoms with E-state index in [9.17, 15) is 18.0 Å². The van der Waals surface area contributed by atoms with Crippen molar-refractivity contribution in [1.82, 2.24) is 9.97 Å². The first-order valence-corrected chi connectivity index (χ1v) is 9.55. The van der Waals surface area contributed by atoms with Crippen LogP contribution in [0.3, 0.4) is 0 Å². The topological polar surface area (TPSA) is 54.9 Å². The van der Waals surface area contributed by atoms with Gasteiger partial charge in [0.15, 0.2) is 0 Å². The summed E-state index contributed by atoms with van der Waals surface area (Å²) in [6.07, 6.45) is -4.45. The summed E-state index contributed by atoms with van der Waals surface area (Å²) in [4.78, 5) is 21.8. The minimum atomic E-state index is -4.45. The van der Waals surface area contributed by atoms with Crippen LogP contribution in [0.15, 0.2) is 66.7 Å². The zero-order valence-electron chi connectivity index (χ0n) is 16.8. The molecule has 2 aromatic carbocycles. The normalized spacial score (nSPS) is 11.5. The smallest absolute Gasteiger partial charge is 0.306 e. The van der Waals surface area contributed by atoms with Gasteiger partial charge in [0.2, 0.25) is 0 Å². The number of alkyl halides is 3. The Morgan fingerprint density at radius 1 is 0.903 bits per heavy atom. The number of rotatable bonds is 3. The maximum absolute atomic E-state index is 13.1. The second kappa shape index (κ2) is 7.83. The molecular formula is C24H18F3N3O. The van der Waals surface area contributed by atoms with Crippen molar-refractivity contribution in [1.29, 1.82) is 0 Å². The van der Waals surface area contributed by atoms with Gasteiger partial charge in [0.05, 0.1) is 22.3 Å². The molecule has 0 spiro atoms. The van der Waals surface area contributed by atoms with Crippen molar-refractivity contribution in [3.05, 3.63) is 89.1 Å². The van der Waals surface area contributed by atoms with Gasteiger partial charge in [0.25, 0.3) is 5.91 Å². The van der Waals surface area contributed by atoms with Crippen LogP contribution in [0.4, 0.5) is 19.0 Å². The lowest BCUT2D eigenvalue weighted by Gasteiger charge is -2.11. The van der Waals surface area contributed by atoms with Gasteiger partial charge in [-0.25, -0.2) is 9.97 Å². The first-order chi connectivity index (χ1) is 14.7. The molecule has 2 heterocycles. The first-order valence-electron chi connectivity index (χ1n) is 9.55. The summed E-state index contributed by atoms with van der Waals surface area (Å²) in [5, 5.41) is 3.49. The summed E-state index contributed by atoms with van der Waals surface area (Å²) in [6.45, 7) is 3.74. The number of hydrogen-bond acceptors (Lipinski definition) is 3. The van der Waals surface area contributed by atoms with E-state index < -0.39 is 17.6 Å². The maximum atomic E-state index is 13.1. The van der Waals surface area contributed by atoms with E-state index in [0.717, 1.165) is 23.4 Å². The zero-order chi connectivity index (χ0) is 22.2. The standard InChI is InChI=1S/C24H18F3N3O/c1-14-11-15(2)28-21(12-14)30-23(31)19-8-4-5-16-9-10-20(29-22(16)19)17-6-3-7-18(13-17)24(25,26)27/h3-13H,1-2H3,(H,28,30,31). The molecule has 156 valence electrons. The number of amides is 1. The predicted octanol–water partition coefficient (Wildman–Crippen LogP) is 6.18. The number of nitrogens with one attached hydrogen (secondary N) is 1. The molecule has 0 aliphatic carbocycles. The third-order valence-corrected chi connectivity index (χ3v) is 4.79. The van der Waals surface area contributed by atoms with E-state index in [1.807, 2.05) is 19.9 Å². The van der Waals surface area contributed by atoms with Crippen LogP contribution in [-0.2, 0) is 6.18 Å². The predicted molar refractivity (Wildman–Crippen MR) is 114 cm³/mol. The molecule has 0 saturated carbocycles. The fourth-order valence-electron chi connectivity index (χ4n) is 3.43. The van der Waals surface area contributed by atoms with Crippen LogP contribution in [0.1, 0.15) is 27.2 Å². The Bertz CT molecular complexity index is 1280. The summed E-state index contributed by atoms with van der Waals surface area (Å²) >= 11 is 0. The van der Waals surface area contributed by atoms with Crippen molar-refractivity contribution in [2.75, 3.05) is 5.32 Å². The third-order valence-electron chi connectivity index (χ3n) is 4.79. The van der Waals surface area contributed by atoms with Gasteiger partial charge in [-0.2, -0.15) is 13.2 Å². The Hall–Kier alpha value is -3.74. The van der Waals surface area contributed by atoms with Crippen LogP contribution in [-0.4, -0.2) is 15.9 Å². The van der Waals surface area contributed by atoms with Crippen LogP contribution >= 0.6 is 0 Å². The second-order valence-electron chi connectivity index (χ2n) is 7.28. The quantitative estimate of drug-likeness (QED) is 0.429. The molecule has 4 nitrogen and oxygen atoms in total. The molecule has 0 fully saturated rings. The molecule has 4 rings (SSSR count). The fourth-order valence-corrected chi connectivity index (χ4v) is 3.43. The second-order valence-corrected chi connectivity index (χ2v) is 7.28. The molecule has 0 unspecified atom stereocenters. The molecule has 31 heavy (non-hydrogen) atoms. The van der Waals surface area contributed by atoms with Gasteiger partial charge in [-0.15, -0.1) is 0 Å². The Balaban J connectivity index is 1.75. The lowest BCUT2D eigenvalue weighted by molar-refractivity contribution is -0.137. The highest BCUT2D eigenvalue weighted by molar-refractivity contribution is 6.11. The molecule has 7 heteroatoms.